The van der Waals surface area contributed by atoms with Crippen molar-refractivity contribution >= 4 is 28.4 Å². The Balaban J connectivity index is 1.56. The van der Waals surface area contributed by atoms with Crippen molar-refractivity contribution in [3.8, 4) is 0 Å². The van der Waals surface area contributed by atoms with Gasteiger partial charge in [-0.2, -0.15) is 0 Å². The fraction of sp³-hybridized carbons (Fsp3) is 0.190. The molecule has 1 aliphatic rings. The number of nitrogens with one attached hydrogen (secondary N) is 2. The van der Waals surface area contributed by atoms with Gasteiger partial charge in [0.2, 0.25) is 0 Å². The number of nitrogens with zero attached hydrogens (tertiary/aromatic N) is 1. The number of aryl methyl sites for hydroxylation is 1. The third-order valence-corrected chi connectivity index (χ3v) is 4.51. The van der Waals surface area contributed by atoms with Gasteiger partial charge in [0, 0.05) is 28.7 Å². The summed E-state index contributed by atoms with van der Waals surface area (Å²) in [5.41, 5.74) is 2.45. The number of aromatic nitrogens is 1. The molecule has 4 rings (SSSR count). The molecule has 2 aromatic carbocycles. The van der Waals surface area contributed by atoms with Crippen molar-refractivity contribution in [1.82, 2.24) is 10.3 Å². The summed E-state index contributed by atoms with van der Waals surface area (Å²) in [6, 6.07) is 13.0. The Morgan fingerprint density at radius 1 is 1.07 bits per heavy atom. The van der Waals surface area contributed by atoms with E-state index in [9.17, 15) is 14.0 Å². The molecule has 136 valence electrons. The van der Waals surface area contributed by atoms with Gasteiger partial charge >= 0.3 is 0 Å². The molecule has 0 spiro atoms. The van der Waals surface area contributed by atoms with Gasteiger partial charge < -0.3 is 10.6 Å². The predicted molar refractivity (Wildman–Crippen MR) is 101 cm³/mol. The first kappa shape index (κ1) is 17.1. The van der Waals surface area contributed by atoms with Crippen LogP contribution < -0.4 is 10.6 Å². The normalized spacial score (nSPS) is 13.4. The Morgan fingerprint density at radius 2 is 1.89 bits per heavy atom. The first-order valence-electron chi connectivity index (χ1n) is 8.79. The number of anilines is 1. The van der Waals surface area contributed by atoms with E-state index in [2.05, 4.69) is 15.6 Å². The number of pyridine rings is 1. The van der Waals surface area contributed by atoms with E-state index in [0.29, 0.717) is 33.4 Å². The molecule has 0 atom stereocenters. The van der Waals surface area contributed by atoms with Crippen LogP contribution in [0.2, 0.25) is 0 Å². The Labute approximate surface area is 155 Å². The Hall–Kier alpha value is -3.28. The van der Waals surface area contributed by atoms with Gasteiger partial charge in [-0.25, -0.2) is 4.39 Å². The van der Waals surface area contributed by atoms with Gasteiger partial charge in [0.1, 0.15) is 5.82 Å². The van der Waals surface area contributed by atoms with Crippen LogP contribution in [0.4, 0.5) is 10.1 Å². The highest BCUT2D eigenvalue weighted by Crippen LogP contribution is 2.21. The van der Waals surface area contributed by atoms with Crippen LogP contribution in [0.5, 0.6) is 0 Å². The van der Waals surface area contributed by atoms with Crippen molar-refractivity contribution in [2.24, 2.45) is 0 Å². The van der Waals surface area contributed by atoms with E-state index in [0.717, 1.165) is 12.8 Å². The van der Waals surface area contributed by atoms with E-state index in [-0.39, 0.29) is 23.7 Å². The van der Waals surface area contributed by atoms with Crippen molar-refractivity contribution < 1.29 is 14.0 Å². The van der Waals surface area contributed by atoms with Gasteiger partial charge in [-0.15, -0.1) is 0 Å². The minimum Gasteiger partial charge on any atom is -0.349 e. The van der Waals surface area contributed by atoms with Crippen molar-refractivity contribution in [2.75, 3.05) is 5.32 Å². The lowest BCUT2D eigenvalue weighted by Gasteiger charge is -2.10. The monoisotopic (exact) mass is 363 g/mol. The molecule has 1 aromatic heterocycles. The van der Waals surface area contributed by atoms with Crippen LogP contribution in [-0.4, -0.2) is 22.8 Å². The topological polar surface area (TPSA) is 71.1 Å². The maximum Gasteiger partial charge on any atom is 0.257 e. The van der Waals surface area contributed by atoms with Gasteiger partial charge in [0.25, 0.3) is 11.8 Å². The molecule has 1 aliphatic carbocycles. The zero-order chi connectivity index (χ0) is 19.0. The number of fused-ring (bicyclic) bond motifs is 1. The summed E-state index contributed by atoms with van der Waals surface area (Å²) in [4.78, 5) is 29.2. The molecule has 0 unspecified atom stereocenters. The highest BCUT2D eigenvalue weighted by molar-refractivity contribution is 6.07. The predicted octanol–water partition coefficient (Wildman–Crippen LogP) is 3.83. The molecular weight excluding hydrogens is 345 g/mol. The SMILES string of the molecule is Cc1nc2cc(F)ccc2cc1C(=O)Nc1cccc(C(=O)NC2CC2)c1. The van der Waals surface area contributed by atoms with E-state index in [1.54, 1.807) is 43.3 Å². The summed E-state index contributed by atoms with van der Waals surface area (Å²) in [5, 5.41) is 6.42. The maximum absolute atomic E-state index is 13.3. The number of benzene rings is 2. The maximum atomic E-state index is 13.3. The number of rotatable bonds is 4. The van der Waals surface area contributed by atoms with E-state index in [4.69, 9.17) is 0 Å². The van der Waals surface area contributed by atoms with Crippen molar-refractivity contribution in [2.45, 2.75) is 25.8 Å². The smallest absolute Gasteiger partial charge is 0.257 e. The summed E-state index contributed by atoms with van der Waals surface area (Å²) in [7, 11) is 0. The molecule has 0 aliphatic heterocycles. The molecule has 6 heteroatoms. The van der Waals surface area contributed by atoms with Crippen LogP contribution in [-0.2, 0) is 0 Å². The third-order valence-electron chi connectivity index (χ3n) is 4.51. The second-order valence-electron chi connectivity index (χ2n) is 6.74. The first-order chi connectivity index (χ1) is 13.0. The van der Waals surface area contributed by atoms with E-state index >= 15 is 0 Å². The highest BCUT2D eigenvalue weighted by Gasteiger charge is 2.24. The number of carbonyl (C=O) groups excluding carboxylic acids is 2. The number of hydrogen-bond acceptors (Lipinski definition) is 3. The highest BCUT2D eigenvalue weighted by atomic mass is 19.1. The molecule has 2 N–H and O–H groups in total. The molecule has 1 fully saturated rings. The van der Waals surface area contributed by atoms with E-state index in [1.807, 2.05) is 0 Å². The summed E-state index contributed by atoms with van der Waals surface area (Å²) in [6.07, 6.45) is 2.03. The summed E-state index contributed by atoms with van der Waals surface area (Å²) in [5.74, 6) is -0.835. The van der Waals surface area contributed by atoms with Crippen molar-refractivity contribution in [3.63, 3.8) is 0 Å². The fourth-order valence-corrected chi connectivity index (χ4v) is 2.90. The van der Waals surface area contributed by atoms with Crippen LogP contribution >= 0.6 is 0 Å². The molecule has 5 nitrogen and oxygen atoms in total. The minimum absolute atomic E-state index is 0.140. The largest absolute Gasteiger partial charge is 0.349 e. The van der Waals surface area contributed by atoms with Crippen molar-refractivity contribution in [3.05, 3.63) is 71.2 Å². The molecule has 27 heavy (non-hydrogen) atoms. The van der Waals surface area contributed by atoms with E-state index in [1.165, 1.54) is 12.1 Å². The molecule has 0 saturated heterocycles. The quantitative estimate of drug-likeness (QED) is 0.740. The van der Waals surface area contributed by atoms with Gasteiger partial charge in [0.15, 0.2) is 0 Å². The average Bonchev–Trinajstić information content (AvgIpc) is 3.45. The second-order valence-corrected chi connectivity index (χ2v) is 6.74. The Kier molecular flexibility index (Phi) is 4.32. The second kappa shape index (κ2) is 6.79. The van der Waals surface area contributed by atoms with Gasteiger partial charge in [-0.3, -0.25) is 14.6 Å². The zero-order valence-electron chi connectivity index (χ0n) is 14.8. The molecule has 2 amide bonds. The van der Waals surface area contributed by atoms with Crippen LogP contribution in [0.3, 0.4) is 0 Å². The number of amides is 2. The minimum atomic E-state index is -0.368. The average molecular weight is 363 g/mol. The van der Waals surface area contributed by atoms with Crippen molar-refractivity contribution in [1.29, 1.82) is 0 Å². The Morgan fingerprint density at radius 3 is 2.67 bits per heavy atom. The molecule has 0 bridgehead atoms. The molecule has 1 saturated carbocycles. The summed E-state index contributed by atoms with van der Waals surface area (Å²) < 4.78 is 13.3. The standard InChI is InChI=1S/C21H18FN3O2/c1-12-18(10-13-5-6-15(22)11-19(13)23-12)21(27)25-17-4-2-3-14(9-17)20(26)24-16-7-8-16/h2-6,9-11,16H,7-8H2,1H3,(H,24,26)(H,25,27). The lowest BCUT2D eigenvalue weighted by Crippen LogP contribution is -2.25. The van der Waals surface area contributed by atoms with Crippen LogP contribution in [0.15, 0.2) is 48.5 Å². The number of hydrogen-bond donors (Lipinski definition) is 2. The lowest BCUT2D eigenvalue weighted by atomic mass is 10.1. The van der Waals surface area contributed by atoms with Gasteiger partial charge in [-0.1, -0.05) is 6.07 Å². The first-order valence-corrected chi connectivity index (χ1v) is 8.79. The zero-order valence-corrected chi connectivity index (χ0v) is 14.8. The van der Waals surface area contributed by atoms with Crippen LogP contribution in [0.1, 0.15) is 39.3 Å². The third kappa shape index (κ3) is 3.79. The van der Waals surface area contributed by atoms with Crippen LogP contribution in [0, 0.1) is 12.7 Å². The van der Waals surface area contributed by atoms with Crippen LogP contribution in [0.25, 0.3) is 10.9 Å². The molecule has 3 aromatic rings. The number of carbonyl (C=O) groups is 2. The molecule has 0 radical (unpaired) electrons. The van der Waals surface area contributed by atoms with Gasteiger partial charge in [-0.05, 0) is 56.2 Å². The number of halogens is 1. The summed E-state index contributed by atoms with van der Waals surface area (Å²) in [6.45, 7) is 1.71. The summed E-state index contributed by atoms with van der Waals surface area (Å²) >= 11 is 0. The fourth-order valence-electron chi connectivity index (χ4n) is 2.90. The van der Waals surface area contributed by atoms with E-state index < -0.39 is 0 Å². The lowest BCUT2D eigenvalue weighted by molar-refractivity contribution is 0.0949. The molecular formula is C21H18FN3O2. The van der Waals surface area contributed by atoms with Gasteiger partial charge in [0.05, 0.1) is 16.8 Å². The Bertz CT molecular complexity index is 1060. The molecule has 1 heterocycles.